The molecule has 21 heavy (non-hydrogen) atoms. The third-order valence-electron chi connectivity index (χ3n) is 3.63. The maximum Gasteiger partial charge on any atom is 0.260 e. The summed E-state index contributed by atoms with van der Waals surface area (Å²) in [6, 6.07) is 7.49. The Morgan fingerprint density at radius 1 is 1.33 bits per heavy atom. The monoisotopic (exact) mass is 351 g/mol. The van der Waals surface area contributed by atoms with Gasteiger partial charge in [0.15, 0.2) is 6.10 Å². The van der Waals surface area contributed by atoms with Crippen molar-refractivity contribution in [2.24, 2.45) is 0 Å². The summed E-state index contributed by atoms with van der Waals surface area (Å²) < 4.78 is 6.62. The predicted molar refractivity (Wildman–Crippen MR) is 88.4 cm³/mol. The van der Waals surface area contributed by atoms with Crippen LogP contribution in [-0.4, -0.2) is 18.6 Å². The summed E-state index contributed by atoms with van der Waals surface area (Å²) in [6.45, 7) is 2.47. The van der Waals surface area contributed by atoms with Crippen LogP contribution >= 0.6 is 15.9 Å². The molecular formula is C17H22BrNO2. The highest BCUT2D eigenvalue weighted by molar-refractivity contribution is 9.10. The molecule has 1 amide bonds. The van der Waals surface area contributed by atoms with Crippen LogP contribution in [0.15, 0.2) is 40.4 Å². The average Bonchev–Trinajstić information content (AvgIpc) is 2.50. The van der Waals surface area contributed by atoms with E-state index in [-0.39, 0.29) is 5.91 Å². The van der Waals surface area contributed by atoms with E-state index >= 15 is 0 Å². The van der Waals surface area contributed by atoms with E-state index in [2.05, 4.69) is 27.3 Å². The summed E-state index contributed by atoms with van der Waals surface area (Å²) in [5.74, 6) is 0.644. The number of benzene rings is 1. The van der Waals surface area contributed by atoms with Gasteiger partial charge in [-0.1, -0.05) is 27.6 Å². The summed E-state index contributed by atoms with van der Waals surface area (Å²) in [5, 5.41) is 2.95. The van der Waals surface area contributed by atoms with Crippen LogP contribution in [0.5, 0.6) is 5.75 Å². The fourth-order valence-electron chi connectivity index (χ4n) is 2.39. The minimum atomic E-state index is -0.480. The summed E-state index contributed by atoms with van der Waals surface area (Å²) in [6.07, 6.45) is 7.74. The maximum atomic E-state index is 12.0. The molecule has 1 aliphatic rings. The topological polar surface area (TPSA) is 38.3 Å². The predicted octanol–water partition coefficient (Wildman–Crippen LogP) is 4.22. The van der Waals surface area contributed by atoms with Crippen molar-refractivity contribution in [3.8, 4) is 5.75 Å². The van der Waals surface area contributed by atoms with Crippen molar-refractivity contribution in [3.05, 3.63) is 40.4 Å². The molecule has 0 bridgehead atoms. The van der Waals surface area contributed by atoms with Crippen LogP contribution in [0.3, 0.4) is 0 Å². The van der Waals surface area contributed by atoms with Crippen molar-refractivity contribution in [1.29, 1.82) is 0 Å². The van der Waals surface area contributed by atoms with Gasteiger partial charge in [0.05, 0.1) is 0 Å². The molecule has 1 aromatic rings. The number of halogens is 1. The van der Waals surface area contributed by atoms with E-state index in [0.29, 0.717) is 12.3 Å². The van der Waals surface area contributed by atoms with E-state index < -0.39 is 6.10 Å². The lowest BCUT2D eigenvalue weighted by Gasteiger charge is -2.16. The fourth-order valence-corrected chi connectivity index (χ4v) is 2.66. The van der Waals surface area contributed by atoms with Crippen molar-refractivity contribution in [2.75, 3.05) is 6.54 Å². The van der Waals surface area contributed by atoms with Gasteiger partial charge in [0.2, 0.25) is 0 Å². The van der Waals surface area contributed by atoms with Gasteiger partial charge in [0.25, 0.3) is 5.91 Å². The minimum absolute atomic E-state index is 0.0608. The first-order chi connectivity index (χ1) is 10.1. The average molecular weight is 352 g/mol. The summed E-state index contributed by atoms with van der Waals surface area (Å²) in [7, 11) is 0. The van der Waals surface area contributed by atoms with Gasteiger partial charge in [-0.15, -0.1) is 0 Å². The fraction of sp³-hybridized carbons (Fsp3) is 0.471. The molecule has 2 rings (SSSR count). The highest BCUT2D eigenvalue weighted by Gasteiger charge is 2.14. The van der Waals surface area contributed by atoms with E-state index in [0.717, 1.165) is 10.9 Å². The van der Waals surface area contributed by atoms with Crippen LogP contribution < -0.4 is 10.1 Å². The number of ether oxygens (including phenoxy) is 1. The lowest BCUT2D eigenvalue weighted by Crippen LogP contribution is -2.36. The molecule has 0 unspecified atom stereocenters. The number of amides is 1. The molecule has 0 aromatic heterocycles. The van der Waals surface area contributed by atoms with Gasteiger partial charge >= 0.3 is 0 Å². The zero-order chi connectivity index (χ0) is 15.1. The van der Waals surface area contributed by atoms with Crippen molar-refractivity contribution < 1.29 is 9.53 Å². The van der Waals surface area contributed by atoms with Gasteiger partial charge < -0.3 is 10.1 Å². The molecule has 0 saturated heterocycles. The molecule has 0 saturated carbocycles. The second-order valence-electron chi connectivity index (χ2n) is 5.36. The Kier molecular flexibility index (Phi) is 6.30. The molecule has 3 nitrogen and oxygen atoms in total. The lowest BCUT2D eigenvalue weighted by molar-refractivity contribution is -0.127. The minimum Gasteiger partial charge on any atom is -0.481 e. The van der Waals surface area contributed by atoms with Crippen LogP contribution in [0.25, 0.3) is 0 Å². The highest BCUT2D eigenvalue weighted by Crippen LogP contribution is 2.19. The molecule has 0 spiro atoms. The first kappa shape index (κ1) is 16.1. The maximum absolute atomic E-state index is 12.0. The number of carbonyl (C=O) groups is 1. The van der Waals surface area contributed by atoms with Gasteiger partial charge in [-0.25, -0.2) is 0 Å². The Labute approximate surface area is 134 Å². The summed E-state index contributed by atoms with van der Waals surface area (Å²) in [5.41, 5.74) is 1.48. The quantitative estimate of drug-likeness (QED) is 0.779. The Morgan fingerprint density at radius 3 is 2.76 bits per heavy atom. The largest absolute Gasteiger partial charge is 0.481 e. The second-order valence-corrected chi connectivity index (χ2v) is 6.28. The van der Waals surface area contributed by atoms with E-state index in [1.54, 1.807) is 6.92 Å². The zero-order valence-electron chi connectivity index (χ0n) is 12.4. The number of hydrogen-bond donors (Lipinski definition) is 1. The van der Waals surface area contributed by atoms with Gasteiger partial charge in [0, 0.05) is 11.0 Å². The third kappa shape index (κ3) is 5.54. The zero-order valence-corrected chi connectivity index (χ0v) is 14.0. The van der Waals surface area contributed by atoms with Crippen molar-refractivity contribution in [2.45, 2.75) is 45.1 Å². The Balaban J connectivity index is 1.72. The lowest BCUT2D eigenvalue weighted by atomic mass is 9.97. The summed E-state index contributed by atoms with van der Waals surface area (Å²) in [4.78, 5) is 12.0. The normalized spacial score (nSPS) is 16.0. The number of hydrogen-bond acceptors (Lipinski definition) is 2. The molecule has 1 aromatic carbocycles. The van der Waals surface area contributed by atoms with E-state index in [1.165, 1.54) is 31.3 Å². The molecular weight excluding hydrogens is 330 g/mol. The van der Waals surface area contributed by atoms with Crippen molar-refractivity contribution >= 4 is 21.8 Å². The van der Waals surface area contributed by atoms with Crippen molar-refractivity contribution in [1.82, 2.24) is 5.32 Å². The first-order valence-corrected chi connectivity index (χ1v) is 8.32. The number of rotatable bonds is 6. The second kappa shape index (κ2) is 8.23. The number of carbonyl (C=O) groups excluding carboxylic acids is 1. The van der Waals surface area contributed by atoms with E-state index in [4.69, 9.17) is 4.74 Å². The van der Waals surface area contributed by atoms with Crippen molar-refractivity contribution in [3.63, 3.8) is 0 Å². The number of allylic oxidation sites excluding steroid dienone is 1. The Bertz CT molecular complexity index is 496. The highest BCUT2D eigenvalue weighted by atomic mass is 79.9. The third-order valence-corrected chi connectivity index (χ3v) is 4.15. The smallest absolute Gasteiger partial charge is 0.260 e. The molecule has 0 radical (unpaired) electrons. The SMILES string of the molecule is C[C@H](Oc1ccc(Br)cc1)C(=O)NCCC1=CCCCC1. The standard InChI is InChI=1S/C17H22BrNO2/c1-13(21-16-9-7-15(18)8-10-16)17(20)19-12-11-14-5-3-2-4-6-14/h5,7-10,13H,2-4,6,11-12H2,1H3,(H,19,20)/t13-/m0/s1. The first-order valence-electron chi connectivity index (χ1n) is 7.53. The molecule has 0 fully saturated rings. The van der Waals surface area contributed by atoms with Crippen LogP contribution in [0.4, 0.5) is 0 Å². The Hall–Kier alpha value is -1.29. The molecule has 0 heterocycles. The van der Waals surface area contributed by atoms with Crippen LogP contribution in [0.1, 0.15) is 39.0 Å². The molecule has 1 N–H and O–H groups in total. The molecule has 1 aliphatic carbocycles. The summed E-state index contributed by atoms with van der Waals surface area (Å²) >= 11 is 3.37. The van der Waals surface area contributed by atoms with Gasteiger partial charge in [-0.05, 0) is 63.3 Å². The van der Waals surface area contributed by atoms with Gasteiger partial charge in [-0.2, -0.15) is 0 Å². The van der Waals surface area contributed by atoms with Gasteiger partial charge in [0.1, 0.15) is 5.75 Å². The molecule has 4 heteroatoms. The van der Waals surface area contributed by atoms with Gasteiger partial charge in [-0.3, -0.25) is 4.79 Å². The molecule has 114 valence electrons. The van der Waals surface area contributed by atoms with E-state index in [1.807, 2.05) is 24.3 Å². The molecule has 1 atom stereocenters. The van der Waals surface area contributed by atoms with Crippen LogP contribution in [-0.2, 0) is 4.79 Å². The van der Waals surface area contributed by atoms with E-state index in [9.17, 15) is 4.79 Å². The molecule has 0 aliphatic heterocycles. The number of nitrogens with one attached hydrogen (secondary N) is 1. The Morgan fingerprint density at radius 2 is 2.10 bits per heavy atom. The van der Waals surface area contributed by atoms with Crippen LogP contribution in [0.2, 0.25) is 0 Å². The van der Waals surface area contributed by atoms with Crippen LogP contribution in [0, 0.1) is 0 Å².